The van der Waals surface area contributed by atoms with Gasteiger partial charge in [0.15, 0.2) is 0 Å². The van der Waals surface area contributed by atoms with Crippen LogP contribution in [0.4, 0.5) is 0 Å². The zero-order chi connectivity index (χ0) is 11.4. The smallest absolute Gasteiger partial charge is 0.0950 e. The third kappa shape index (κ3) is 2.87. The van der Waals surface area contributed by atoms with E-state index < -0.39 is 0 Å². The van der Waals surface area contributed by atoms with Crippen molar-refractivity contribution in [2.24, 2.45) is 0 Å². The molecule has 0 spiro atoms. The van der Waals surface area contributed by atoms with E-state index in [1.54, 1.807) is 12.5 Å². The molecule has 0 fully saturated rings. The van der Waals surface area contributed by atoms with Crippen molar-refractivity contribution in [3.8, 4) is 0 Å². The lowest BCUT2D eigenvalue weighted by Gasteiger charge is -2.11. The lowest BCUT2D eigenvalue weighted by Crippen LogP contribution is -2.17. The Morgan fingerprint density at radius 2 is 2.25 bits per heavy atom. The van der Waals surface area contributed by atoms with Crippen LogP contribution in [0, 0.1) is 0 Å². The molecule has 2 nitrogen and oxygen atoms in total. The van der Waals surface area contributed by atoms with E-state index in [2.05, 4.69) is 18.3 Å². The van der Waals surface area contributed by atoms with E-state index in [9.17, 15) is 0 Å². The Labute approximate surface area is 100 Å². The van der Waals surface area contributed by atoms with Crippen LogP contribution in [0.2, 0.25) is 5.02 Å². The Morgan fingerprint density at radius 3 is 2.94 bits per heavy atom. The third-order valence-electron chi connectivity index (χ3n) is 2.54. The second-order valence-corrected chi connectivity index (χ2v) is 4.23. The highest BCUT2D eigenvalue weighted by molar-refractivity contribution is 6.30. The summed E-state index contributed by atoms with van der Waals surface area (Å²) in [6.07, 6.45) is 3.45. The summed E-state index contributed by atoms with van der Waals surface area (Å²) in [5.41, 5.74) is 2.34. The summed E-state index contributed by atoms with van der Waals surface area (Å²) in [5.74, 6) is 0. The van der Waals surface area contributed by atoms with Gasteiger partial charge in [0, 0.05) is 23.2 Å². The van der Waals surface area contributed by atoms with Crippen molar-refractivity contribution in [2.75, 3.05) is 0 Å². The average molecular weight is 236 g/mol. The molecule has 1 aromatic heterocycles. The molecular weight excluding hydrogens is 222 g/mol. The zero-order valence-corrected chi connectivity index (χ0v) is 9.87. The molecule has 3 heteroatoms. The first-order valence-electron chi connectivity index (χ1n) is 5.25. The molecule has 0 radical (unpaired) electrons. The van der Waals surface area contributed by atoms with Crippen LogP contribution in [-0.4, -0.2) is 0 Å². The van der Waals surface area contributed by atoms with E-state index in [0.717, 1.165) is 17.1 Å². The lowest BCUT2D eigenvalue weighted by molar-refractivity contribution is 0.538. The van der Waals surface area contributed by atoms with Crippen LogP contribution in [0.5, 0.6) is 0 Å². The molecule has 0 saturated carbocycles. The monoisotopic (exact) mass is 235 g/mol. The Bertz CT molecular complexity index is 439. The predicted octanol–water partition coefficient (Wildman–Crippen LogP) is 3.78. The number of halogens is 1. The fraction of sp³-hybridized carbons (Fsp3) is 0.231. The van der Waals surface area contributed by atoms with Crippen LogP contribution in [0.3, 0.4) is 0 Å². The van der Waals surface area contributed by atoms with Crippen LogP contribution in [0.1, 0.15) is 24.1 Å². The van der Waals surface area contributed by atoms with Gasteiger partial charge in [-0.1, -0.05) is 23.7 Å². The molecule has 0 amide bonds. The third-order valence-corrected chi connectivity index (χ3v) is 2.78. The van der Waals surface area contributed by atoms with Gasteiger partial charge < -0.3 is 9.73 Å². The first-order chi connectivity index (χ1) is 7.75. The van der Waals surface area contributed by atoms with Crippen molar-refractivity contribution >= 4 is 11.6 Å². The number of hydrogen-bond donors (Lipinski definition) is 1. The number of furan rings is 1. The van der Waals surface area contributed by atoms with Gasteiger partial charge in [0.2, 0.25) is 0 Å². The quantitative estimate of drug-likeness (QED) is 0.873. The molecule has 0 saturated heterocycles. The summed E-state index contributed by atoms with van der Waals surface area (Å²) in [4.78, 5) is 0. The van der Waals surface area contributed by atoms with Gasteiger partial charge in [0.25, 0.3) is 0 Å². The SMILES string of the molecule is CC(NCc1cccc(Cl)c1)c1ccoc1. The zero-order valence-electron chi connectivity index (χ0n) is 9.11. The van der Waals surface area contributed by atoms with Crippen LogP contribution in [-0.2, 0) is 6.54 Å². The van der Waals surface area contributed by atoms with Crippen molar-refractivity contribution < 1.29 is 4.42 Å². The highest BCUT2D eigenvalue weighted by atomic mass is 35.5. The minimum absolute atomic E-state index is 0.276. The Hall–Kier alpha value is -1.25. The highest BCUT2D eigenvalue weighted by Crippen LogP contribution is 2.14. The van der Waals surface area contributed by atoms with Gasteiger partial charge in [-0.2, -0.15) is 0 Å². The minimum atomic E-state index is 0.276. The normalized spacial score (nSPS) is 12.6. The molecule has 0 aliphatic carbocycles. The number of rotatable bonds is 4. The second kappa shape index (κ2) is 5.19. The summed E-state index contributed by atoms with van der Waals surface area (Å²) in [6, 6.07) is 10.1. The maximum absolute atomic E-state index is 5.92. The summed E-state index contributed by atoms with van der Waals surface area (Å²) in [7, 11) is 0. The van der Waals surface area contributed by atoms with E-state index >= 15 is 0 Å². The van der Waals surface area contributed by atoms with Crippen molar-refractivity contribution in [2.45, 2.75) is 19.5 Å². The van der Waals surface area contributed by atoms with Crippen molar-refractivity contribution in [3.05, 3.63) is 59.0 Å². The van der Waals surface area contributed by atoms with Gasteiger partial charge in [0.1, 0.15) is 0 Å². The standard InChI is InChI=1S/C13H14ClNO/c1-10(12-5-6-16-9-12)15-8-11-3-2-4-13(14)7-11/h2-7,9-10,15H,8H2,1H3. The fourth-order valence-corrected chi connectivity index (χ4v) is 1.77. The van der Waals surface area contributed by atoms with E-state index in [1.807, 2.05) is 24.3 Å². The minimum Gasteiger partial charge on any atom is -0.472 e. The van der Waals surface area contributed by atoms with E-state index in [0.29, 0.717) is 0 Å². The maximum atomic E-state index is 5.92. The molecule has 1 heterocycles. The summed E-state index contributed by atoms with van der Waals surface area (Å²) < 4.78 is 5.05. The van der Waals surface area contributed by atoms with Crippen molar-refractivity contribution in [1.29, 1.82) is 0 Å². The molecule has 1 aromatic carbocycles. The summed E-state index contributed by atoms with van der Waals surface area (Å²) in [6.45, 7) is 2.91. The molecule has 16 heavy (non-hydrogen) atoms. The number of hydrogen-bond acceptors (Lipinski definition) is 2. The maximum Gasteiger partial charge on any atom is 0.0950 e. The molecule has 1 atom stereocenters. The van der Waals surface area contributed by atoms with E-state index in [-0.39, 0.29) is 6.04 Å². The first kappa shape index (κ1) is 11.2. The largest absolute Gasteiger partial charge is 0.472 e. The topological polar surface area (TPSA) is 25.2 Å². The van der Waals surface area contributed by atoms with Gasteiger partial charge in [-0.15, -0.1) is 0 Å². The molecule has 1 unspecified atom stereocenters. The Kier molecular flexibility index (Phi) is 3.65. The van der Waals surface area contributed by atoms with E-state index in [4.69, 9.17) is 16.0 Å². The molecule has 0 bridgehead atoms. The fourth-order valence-electron chi connectivity index (χ4n) is 1.56. The summed E-state index contributed by atoms with van der Waals surface area (Å²) in [5, 5.41) is 4.18. The van der Waals surface area contributed by atoms with Gasteiger partial charge >= 0.3 is 0 Å². The molecule has 1 N–H and O–H groups in total. The van der Waals surface area contributed by atoms with Crippen LogP contribution >= 0.6 is 11.6 Å². The van der Waals surface area contributed by atoms with E-state index in [1.165, 1.54) is 5.56 Å². The number of nitrogens with one attached hydrogen (secondary N) is 1. The van der Waals surface area contributed by atoms with Gasteiger partial charge in [-0.05, 0) is 30.7 Å². The molecule has 84 valence electrons. The predicted molar refractivity (Wildman–Crippen MR) is 65.4 cm³/mol. The molecule has 0 aliphatic heterocycles. The Balaban J connectivity index is 1.92. The molecule has 0 aliphatic rings. The van der Waals surface area contributed by atoms with Crippen LogP contribution < -0.4 is 5.32 Å². The van der Waals surface area contributed by atoms with Crippen molar-refractivity contribution in [1.82, 2.24) is 5.32 Å². The van der Waals surface area contributed by atoms with Crippen molar-refractivity contribution in [3.63, 3.8) is 0 Å². The molecule has 2 aromatic rings. The molecule has 2 rings (SSSR count). The molecular formula is C13H14ClNO. The lowest BCUT2D eigenvalue weighted by atomic mass is 10.1. The van der Waals surface area contributed by atoms with Gasteiger partial charge in [-0.3, -0.25) is 0 Å². The Morgan fingerprint density at radius 1 is 1.38 bits per heavy atom. The number of benzene rings is 1. The highest BCUT2D eigenvalue weighted by Gasteiger charge is 2.05. The van der Waals surface area contributed by atoms with Crippen LogP contribution in [0.15, 0.2) is 47.3 Å². The van der Waals surface area contributed by atoms with Gasteiger partial charge in [-0.25, -0.2) is 0 Å². The second-order valence-electron chi connectivity index (χ2n) is 3.79. The first-order valence-corrected chi connectivity index (χ1v) is 5.63. The summed E-state index contributed by atoms with van der Waals surface area (Å²) >= 11 is 5.92. The van der Waals surface area contributed by atoms with Gasteiger partial charge in [0.05, 0.1) is 12.5 Å². The van der Waals surface area contributed by atoms with Crippen LogP contribution in [0.25, 0.3) is 0 Å². The average Bonchev–Trinajstić information content (AvgIpc) is 2.79.